The topological polar surface area (TPSA) is 92.5 Å². The second-order valence-corrected chi connectivity index (χ2v) is 12.1. The van der Waals surface area contributed by atoms with E-state index < -0.39 is 16.0 Å². The number of thioether (sulfide) groups is 1. The molecule has 0 amide bonds. The van der Waals surface area contributed by atoms with Crippen LogP contribution in [-0.4, -0.2) is 51.7 Å². The van der Waals surface area contributed by atoms with E-state index in [0.29, 0.717) is 29.8 Å². The molecule has 170 valence electrons. The third-order valence-electron chi connectivity index (χ3n) is 5.47. The number of carbonyl (C=O) groups is 1. The zero-order chi connectivity index (χ0) is 23.0. The second kappa shape index (κ2) is 9.05. The first-order valence-electron chi connectivity index (χ1n) is 10.3. The van der Waals surface area contributed by atoms with Crippen molar-refractivity contribution in [3.8, 4) is 0 Å². The van der Waals surface area contributed by atoms with Crippen LogP contribution in [0.5, 0.6) is 0 Å². The number of carboxylic acid groups (broad SMARTS) is 1. The molecule has 1 aromatic carbocycles. The standard InChI is InChI=1S/C22H24ClN3O4S2/c1-14(2)31-21-6-4-17(10-24-21)32(29,30)26-8-7-15(11-26)19-12-25(13-22(27)28)20-5-3-16(23)9-18(19)20/h3-6,9-10,12,14-15H,7-8,11,13H2,1-2H3,(H,27,28). The lowest BCUT2D eigenvalue weighted by molar-refractivity contribution is -0.137. The minimum Gasteiger partial charge on any atom is -0.480 e. The number of fused-ring (bicyclic) bond motifs is 1. The van der Waals surface area contributed by atoms with Crippen LogP contribution in [0.25, 0.3) is 10.9 Å². The number of hydrogen-bond donors (Lipinski definition) is 1. The van der Waals surface area contributed by atoms with Crippen molar-refractivity contribution in [2.75, 3.05) is 13.1 Å². The normalized spacial score (nSPS) is 17.4. The summed E-state index contributed by atoms with van der Waals surface area (Å²) in [5.41, 5.74) is 1.69. The zero-order valence-electron chi connectivity index (χ0n) is 17.7. The first kappa shape index (κ1) is 23.1. The van der Waals surface area contributed by atoms with Crippen LogP contribution < -0.4 is 0 Å². The number of benzene rings is 1. The number of rotatable bonds is 7. The Morgan fingerprint density at radius 1 is 1.31 bits per heavy atom. The Morgan fingerprint density at radius 2 is 2.09 bits per heavy atom. The third-order valence-corrected chi connectivity index (χ3v) is 8.51. The van der Waals surface area contributed by atoms with Crippen molar-refractivity contribution in [1.82, 2.24) is 13.9 Å². The number of carboxylic acids is 1. The highest BCUT2D eigenvalue weighted by molar-refractivity contribution is 7.99. The van der Waals surface area contributed by atoms with Crippen molar-refractivity contribution >= 4 is 50.3 Å². The van der Waals surface area contributed by atoms with E-state index >= 15 is 0 Å². The van der Waals surface area contributed by atoms with Crippen molar-refractivity contribution in [3.63, 3.8) is 0 Å². The Balaban J connectivity index is 1.60. The third kappa shape index (κ3) is 4.66. The number of pyridine rings is 1. The molecule has 0 saturated carbocycles. The van der Waals surface area contributed by atoms with Gasteiger partial charge in [-0.25, -0.2) is 13.4 Å². The maximum absolute atomic E-state index is 13.2. The number of sulfonamides is 1. The molecule has 1 saturated heterocycles. The molecule has 1 N–H and O–H groups in total. The van der Waals surface area contributed by atoms with Crippen molar-refractivity contribution in [2.24, 2.45) is 0 Å². The van der Waals surface area contributed by atoms with Gasteiger partial charge in [0.1, 0.15) is 11.4 Å². The molecular weight excluding hydrogens is 470 g/mol. The molecule has 3 aromatic rings. The highest BCUT2D eigenvalue weighted by Gasteiger charge is 2.34. The molecule has 0 aliphatic carbocycles. The van der Waals surface area contributed by atoms with Gasteiger partial charge in [0.2, 0.25) is 10.0 Å². The summed E-state index contributed by atoms with van der Waals surface area (Å²) in [6.07, 6.45) is 3.88. The molecule has 0 bridgehead atoms. The summed E-state index contributed by atoms with van der Waals surface area (Å²) >= 11 is 7.78. The number of halogens is 1. The molecule has 10 heteroatoms. The van der Waals surface area contributed by atoms with Gasteiger partial charge in [-0.1, -0.05) is 25.4 Å². The van der Waals surface area contributed by atoms with Gasteiger partial charge in [-0.15, -0.1) is 11.8 Å². The SMILES string of the molecule is CC(C)Sc1ccc(S(=O)(=O)N2CCC(c3cn(CC(=O)O)c4ccc(Cl)cc34)C2)cn1. The van der Waals surface area contributed by atoms with Crippen LogP contribution in [0.2, 0.25) is 5.02 Å². The molecule has 1 atom stereocenters. The lowest BCUT2D eigenvalue weighted by Gasteiger charge is -2.17. The van der Waals surface area contributed by atoms with Gasteiger partial charge < -0.3 is 9.67 Å². The fourth-order valence-corrected chi connectivity index (χ4v) is 6.44. The van der Waals surface area contributed by atoms with Crippen molar-refractivity contribution in [2.45, 2.75) is 47.9 Å². The Bertz CT molecular complexity index is 1260. The number of nitrogens with zero attached hydrogens (tertiary/aromatic N) is 3. The van der Waals surface area contributed by atoms with E-state index in [-0.39, 0.29) is 17.4 Å². The summed E-state index contributed by atoms with van der Waals surface area (Å²) < 4.78 is 29.5. The summed E-state index contributed by atoms with van der Waals surface area (Å²) in [5, 5.41) is 11.8. The Hall–Kier alpha value is -2.07. The smallest absolute Gasteiger partial charge is 0.323 e. The summed E-state index contributed by atoms with van der Waals surface area (Å²) in [4.78, 5) is 15.8. The average Bonchev–Trinajstić information content (AvgIpc) is 3.33. The molecule has 0 radical (unpaired) electrons. The van der Waals surface area contributed by atoms with Crippen LogP contribution >= 0.6 is 23.4 Å². The van der Waals surface area contributed by atoms with Crippen LogP contribution in [0, 0.1) is 0 Å². The minimum absolute atomic E-state index is 0.0514. The Morgan fingerprint density at radius 3 is 2.75 bits per heavy atom. The average molecular weight is 494 g/mol. The van der Waals surface area contributed by atoms with Crippen LogP contribution in [0.4, 0.5) is 0 Å². The fraction of sp³-hybridized carbons (Fsp3) is 0.364. The molecule has 0 spiro atoms. The monoisotopic (exact) mass is 493 g/mol. The predicted molar refractivity (Wildman–Crippen MR) is 126 cm³/mol. The summed E-state index contributed by atoms with van der Waals surface area (Å²) in [7, 11) is -3.66. The van der Waals surface area contributed by atoms with Crippen molar-refractivity contribution < 1.29 is 18.3 Å². The van der Waals surface area contributed by atoms with E-state index in [4.69, 9.17) is 11.6 Å². The first-order valence-corrected chi connectivity index (χ1v) is 13.0. The molecule has 3 heterocycles. The number of aromatic nitrogens is 2. The van der Waals surface area contributed by atoms with E-state index in [2.05, 4.69) is 18.8 Å². The molecule has 1 unspecified atom stereocenters. The van der Waals surface area contributed by atoms with Gasteiger partial charge in [0.25, 0.3) is 0 Å². The van der Waals surface area contributed by atoms with Gasteiger partial charge in [-0.3, -0.25) is 4.79 Å². The van der Waals surface area contributed by atoms with Gasteiger partial charge in [0.05, 0.1) is 5.03 Å². The van der Waals surface area contributed by atoms with Crippen LogP contribution in [0.1, 0.15) is 31.7 Å². The lowest BCUT2D eigenvalue weighted by Crippen LogP contribution is -2.28. The predicted octanol–water partition coefficient (Wildman–Crippen LogP) is 4.45. The summed E-state index contributed by atoms with van der Waals surface area (Å²) in [6, 6.07) is 8.70. The minimum atomic E-state index is -3.66. The summed E-state index contributed by atoms with van der Waals surface area (Å²) in [6.45, 7) is 4.66. The Kier molecular flexibility index (Phi) is 6.53. The number of hydrogen-bond acceptors (Lipinski definition) is 5. The largest absolute Gasteiger partial charge is 0.480 e. The molecule has 1 aliphatic rings. The van der Waals surface area contributed by atoms with Gasteiger partial charge in [0, 0.05) is 52.6 Å². The molecule has 32 heavy (non-hydrogen) atoms. The van der Waals surface area contributed by atoms with Gasteiger partial charge >= 0.3 is 5.97 Å². The molecule has 7 nitrogen and oxygen atoms in total. The second-order valence-electron chi connectivity index (χ2n) is 8.11. The van der Waals surface area contributed by atoms with Crippen molar-refractivity contribution in [1.29, 1.82) is 0 Å². The molecule has 2 aromatic heterocycles. The van der Waals surface area contributed by atoms with Crippen LogP contribution in [-0.2, 0) is 21.4 Å². The van der Waals surface area contributed by atoms with Crippen LogP contribution in [0.15, 0.2) is 52.6 Å². The Labute approximate surface area is 196 Å². The molecule has 4 rings (SSSR count). The maximum atomic E-state index is 13.2. The van der Waals surface area contributed by atoms with Crippen molar-refractivity contribution in [3.05, 3.63) is 53.3 Å². The number of aliphatic carboxylic acids is 1. The van der Waals surface area contributed by atoms with Crippen LogP contribution in [0.3, 0.4) is 0 Å². The maximum Gasteiger partial charge on any atom is 0.323 e. The fourth-order valence-electron chi connectivity index (χ4n) is 4.08. The van der Waals surface area contributed by atoms with E-state index in [1.165, 1.54) is 10.5 Å². The van der Waals surface area contributed by atoms with E-state index in [9.17, 15) is 18.3 Å². The van der Waals surface area contributed by atoms with E-state index in [0.717, 1.165) is 21.5 Å². The highest BCUT2D eigenvalue weighted by Crippen LogP contribution is 2.37. The highest BCUT2D eigenvalue weighted by atomic mass is 35.5. The first-order chi connectivity index (χ1) is 15.1. The molecule has 1 aliphatic heterocycles. The van der Waals surface area contributed by atoms with E-state index in [1.807, 2.05) is 12.3 Å². The van der Waals surface area contributed by atoms with E-state index in [1.54, 1.807) is 40.6 Å². The molecule has 1 fully saturated rings. The summed E-state index contributed by atoms with van der Waals surface area (Å²) in [5.74, 6) is -0.991. The lowest BCUT2D eigenvalue weighted by atomic mass is 9.98. The molecular formula is C22H24ClN3O4S2. The quantitative estimate of drug-likeness (QED) is 0.489. The van der Waals surface area contributed by atoms with Gasteiger partial charge in [0.15, 0.2) is 0 Å². The zero-order valence-corrected chi connectivity index (χ0v) is 20.1. The van der Waals surface area contributed by atoms with Gasteiger partial charge in [-0.2, -0.15) is 4.31 Å². The van der Waals surface area contributed by atoms with Gasteiger partial charge in [-0.05, 0) is 42.3 Å².